The Kier molecular flexibility index (Phi) is 4.77. The topological polar surface area (TPSA) is 46.0 Å². The average molecular weight is 370 g/mol. The largest absolute Gasteiger partial charge is 0.250 e. The van der Waals surface area contributed by atoms with Crippen LogP contribution in [0.1, 0.15) is 11.1 Å². The van der Waals surface area contributed by atoms with Crippen molar-refractivity contribution >= 4 is 18.4 Å². The fraction of sp³-hybridized carbons (Fsp3) is 0.0455. The molecule has 0 aliphatic heterocycles. The van der Waals surface area contributed by atoms with Gasteiger partial charge in [-0.2, -0.15) is 14.9 Å². The van der Waals surface area contributed by atoms with Crippen molar-refractivity contribution in [3.05, 3.63) is 94.8 Å². The molecule has 27 heavy (non-hydrogen) atoms. The summed E-state index contributed by atoms with van der Waals surface area (Å²) in [6, 6.07) is 26.7. The third kappa shape index (κ3) is 3.78. The maximum absolute atomic E-state index is 5.33. The van der Waals surface area contributed by atoms with E-state index in [4.69, 9.17) is 12.2 Å². The van der Waals surface area contributed by atoms with Crippen LogP contribution in [0.25, 0.3) is 22.5 Å². The smallest absolute Gasteiger partial charge is 0.216 e. The van der Waals surface area contributed by atoms with Gasteiger partial charge in [0.2, 0.25) is 4.77 Å². The van der Waals surface area contributed by atoms with Gasteiger partial charge in [0.05, 0.1) is 6.21 Å². The van der Waals surface area contributed by atoms with Gasteiger partial charge in [0, 0.05) is 5.56 Å². The second-order valence-electron chi connectivity index (χ2n) is 6.26. The minimum atomic E-state index is 0.461. The van der Waals surface area contributed by atoms with E-state index in [1.165, 1.54) is 16.7 Å². The first-order valence-corrected chi connectivity index (χ1v) is 9.06. The molecule has 0 unspecified atom stereocenters. The van der Waals surface area contributed by atoms with Crippen LogP contribution in [0.15, 0.2) is 84.0 Å². The van der Waals surface area contributed by atoms with Gasteiger partial charge in [-0.05, 0) is 35.8 Å². The molecule has 1 heterocycles. The number of aromatic nitrogens is 3. The van der Waals surface area contributed by atoms with E-state index in [1.807, 2.05) is 54.6 Å². The predicted molar refractivity (Wildman–Crippen MR) is 112 cm³/mol. The van der Waals surface area contributed by atoms with Crippen LogP contribution in [0.2, 0.25) is 0 Å². The molecule has 0 atom stereocenters. The molecule has 0 saturated heterocycles. The van der Waals surface area contributed by atoms with E-state index in [2.05, 4.69) is 46.5 Å². The van der Waals surface area contributed by atoms with Crippen molar-refractivity contribution in [2.75, 3.05) is 0 Å². The molecule has 0 radical (unpaired) electrons. The lowest BCUT2D eigenvalue weighted by atomic mass is 10.0. The molecule has 0 spiro atoms. The Hall–Kier alpha value is -3.31. The minimum Gasteiger partial charge on any atom is -0.250 e. The maximum atomic E-state index is 5.33. The summed E-state index contributed by atoms with van der Waals surface area (Å²) in [6.07, 6.45) is 1.79. The van der Waals surface area contributed by atoms with Crippen molar-refractivity contribution in [2.45, 2.75) is 6.92 Å². The molecule has 1 N–H and O–H groups in total. The Balaban J connectivity index is 1.61. The molecule has 0 aliphatic rings. The molecule has 1 aromatic heterocycles. The van der Waals surface area contributed by atoms with Crippen LogP contribution in [0.4, 0.5) is 0 Å². The fourth-order valence-electron chi connectivity index (χ4n) is 2.80. The van der Waals surface area contributed by atoms with E-state index in [0.29, 0.717) is 10.6 Å². The number of nitrogens with zero attached hydrogens (tertiary/aromatic N) is 3. The summed E-state index contributed by atoms with van der Waals surface area (Å²) in [6.45, 7) is 2.05. The van der Waals surface area contributed by atoms with E-state index in [9.17, 15) is 0 Å². The monoisotopic (exact) mass is 370 g/mol. The van der Waals surface area contributed by atoms with Gasteiger partial charge in [-0.15, -0.1) is 0 Å². The summed E-state index contributed by atoms with van der Waals surface area (Å²) in [4.78, 5) is 0. The lowest BCUT2D eigenvalue weighted by Gasteiger charge is -2.03. The van der Waals surface area contributed by atoms with Crippen LogP contribution in [-0.2, 0) is 0 Å². The predicted octanol–water partition coefficient (Wildman–Crippen LogP) is 5.47. The highest BCUT2D eigenvalue weighted by molar-refractivity contribution is 7.71. The first-order valence-electron chi connectivity index (χ1n) is 8.65. The summed E-state index contributed by atoms with van der Waals surface area (Å²) in [5.41, 5.74) is 5.52. The standard InChI is InChI=1S/C22H18N4S/c1-16-7-11-20(12-8-16)21-24-25-22(27)26(21)23-15-17-9-13-19(14-10-17)18-5-3-2-4-6-18/h2-15H,1H3,(H,25,27). The highest BCUT2D eigenvalue weighted by Gasteiger charge is 2.07. The maximum Gasteiger partial charge on any atom is 0.216 e. The van der Waals surface area contributed by atoms with Crippen LogP contribution < -0.4 is 0 Å². The number of hydrogen-bond acceptors (Lipinski definition) is 3. The summed E-state index contributed by atoms with van der Waals surface area (Å²) < 4.78 is 2.10. The van der Waals surface area contributed by atoms with Crippen molar-refractivity contribution in [3.8, 4) is 22.5 Å². The Labute approximate surface area is 162 Å². The molecule has 4 nitrogen and oxygen atoms in total. The van der Waals surface area contributed by atoms with Gasteiger partial charge in [-0.3, -0.25) is 0 Å². The Morgan fingerprint density at radius 3 is 2.19 bits per heavy atom. The van der Waals surface area contributed by atoms with Crippen LogP contribution in [0.3, 0.4) is 0 Å². The molecule has 3 aromatic carbocycles. The molecular formula is C22H18N4S. The molecule has 5 heteroatoms. The highest BCUT2D eigenvalue weighted by atomic mass is 32.1. The number of hydrogen-bond donors (Lipinski definition) is 1. The van der Waals surface area contributed by atoms with Gasteiger partial charge < -0.3 is 0 Å². The van der Waals surface area contributed by atoms with Gasteiger partial charge in [-0.25, -0.2) is 5.10 Å². The molecular weight excluding hydrogens is 352 g/mol. The zero-order chi connectivity index (χ0) is 18.6. The highest BCUT2D eigenvalue weighted by Crippen LogP contribution is 2.20. The number of H-pyrrole nitrogens is 1. The molecule has 0 aliphatic carbocycles. The molecule has 4 aromatic rings. The summed E-state index contributed by atoms with van der Waals surface area (Å²) in [5.74, 6) is 0.692. The number of aryl methyl sites for hydroxylation is 1. The molecule has 0 fully saturated rings. The molecule has 0 saturated carbocycles. The lowest BCUT2D eigenvalue weighted by Crippen LogP contribution is -1.95. The zero-order valence-electron chi connectivity index (χ0n) is 14.8. The van der Waals surface area contributed by atoms with E-state index >= 15 is 0 Å². The number of benzene rings is 3. The average Bonchev–Trinajstić information content (AvgIpc) is 3.08. The van der Waals surface area contributed by atoms with Crippen LogP contribution >= 0.6 is 12.2 Å². The quantitative estimate of drug-likeness (QED) is 0.383. The van der Waals surface area contributed by atoms with Gasteiger partial charge in [0.1, 0.15) is 0 Å². The summed E-state index contributed by atoms with van der Waals surface area (Å²) in [7, 11) is 0. The first-order chi connectivity index (χ1) is 13.2. The Morgan fingerprint density at radius 1 is 0.852 bits per heavy atom. The van der Waals surface area contributed by atoms with Crippen molar-refractivity contribution < 1.29 is 0 Å². The van der Waals surface area contributed by atoms with Crippen molar-refractivity contribution in [3.63, 3.8) is 0 Å². The normalized spacial score (nSPS) is 11.1. The Morgan fingerprint density at radius 2 is 1.48 bits per heavy atom. The lowest BCUT2D eigenvalue weighted by molar-refractivity contribution is 0.871. The summed E-state index contributed by atoms with van der Waals surface area (Å²) >= 11 is 5.33. The summed E-state index contributed by atoms with van der Waals surface area (Å²) in [5, 5.41) is 11.7. The van der Waals surface area contributed by atoms with Crippen molar-refractivity contribution in [2.24, 2.45) is 5.10 Å². The van der Waals surface area contributed by atoms with Crippen LogP contribution in [0, 0.1) is 11.7 Å². The molecule has 132 valence electrons. The van der Waals surface area contributed by atoms with Gasteiger partial charge >= 0.3 is 0 Å². The van der Waals surface area contributed by atoms with Gasteiger partial charge in [0.25, 0.3) is 0 Å². The van der Waals surface area contributed by atoms with E-state index < -0.39 is 0 Å². The van der Waals surface area contributed by atoms with Crippen LogP contribution in [0.5, 0.6) is 0 Å². The second-order valence-corrected chi connectivity index (χ2v) is 6.65. The zero-order valence-corrected chi connectivity index (χ0v) is 15.6. The molecule has 0 amide bonds. The third-order valence-electron chi connectivity index (χ3n) is 4.30. The second kappa shape index (κ2) is 7.51. The molecule has 4 rings (SSSR count). The van der Waals surface area contributed by atoms with Gasteiger partial charge in [0.15, 0.2) is 5.82 Å². The SMILES string of the molecule is Cc1ccc(-c2n[nH]c(=S)n2N=Cc2ccc(-c3ccccc3)cc2)cc1. The van der Waals surface area contributed by atoms with Crippen molar-refractivity contribution in [1.82, 2.24) is 14.9 Å². The van der Waals surface area contributed by atoms with E-state index in [0.717, 1.165) is 11.1 Å². The van der Waals surface area contributed by atoms with E-state index in [1.54, 1.807) is 10.9 Å². The number of rotatable bonds is 4. The van der Waals surface area contributed by atoms with Gasteiger partial charge in [-0.1, -0.05) is 84.4 Å². The van der Waals surface area contributed by atoms with Crippen molar-refractivity contribution in [1.29, 1.82) is 0 Å². The third-order valence-corrected chi connectivity index (χ3v) is 4.56. The molecule has 0 bridgehead atoms. The minimum absolute atomic E-state index is 0.461. The van der Waals surface area contributed by atoms with Crippen LogP contribution in [-0.4, -0.2) is 21.1 Å². The first kappa shape index (κ1) is 17.1. The fourth-order valence-corrected chi connectivity index (χ4v) is 2.98. The Bertz CT molecular complexity index is 1120. The van der Waals surface area contributed by atoms with E-state index in [-0.39, 0.29) is 0 Å². The number of nitrogens with one attached hydrogen (secondary N) is 1. The number of aromatic amines is 1.